The Morgan fingerprint density at radius 3 is 2.50 bits per heavy atom. The molecular weight excluding hydrogens is 254 g/mol. The van der Waals surface area contributed by atoms with Gasteiger partial charge in [-0.3, -0.25) is 0 Å². The van der Waals surface area contributed by atoms with Gasteiger partial charge in [0.2, 0.25) is 0 Å². The van der Waals surface area contributed by atoms with Gasteiger partial charge in [0, 0.05) is 37.6 Å². The molecule has 1 heterocycles. The number of urea groups is 1. The Labute approximate surface area is 119 Å². The van der Waals surface area contributed by atoms with E-state index in [-0.39, 0.29) is 12.6 Å². The predicted octanol–water partition coefficient (Wildman–Crippen LogP) is 1.08. The monoisotopic (exact) mass is 273 g/mol. The van der Waals surface area contributed by atoms with Crippen LogP contribution in [0.25, 0.3) is 0 Å². The highest BCUT2D eigenvalue weighted by Gasteiger charge is 2.13. The van der Waals surface area contributed by atoms with Crippen molar-refractivity contribution in [2.75, 3.05) is 50.0 Å². The maximum Gasteiger partial charge on any atom is 0.320 e. The Morgan fingerprint density at radius 2 is 1.90 bits per heavy atom. The first-order chi connectivity index (χ1) is 9.69. The van der Waals surface area contributed by atoms with E-state index in [1.54, 1.807) is 0 Å². The quantitative estimate of drug-likeness (QED) is 0.809. The summed E-state index contributed by atoms with van der Waals surface area (Å²) in [4.78, 5) is 16.0. The van der Waals surface area contributed by atoms with Gasteiger partial charge in [-0.2, -0.15) is 5.26 Å². The zero-order chi connectivity index (χ0) is 14.4. The second-order valence-electron chi connectivity index (χ2n) is 4.80. The van der Waals surface area contributed by atoms with E-state index in [0.29, 0.717) is 0 Å². The first-order valence-electron chi connectivity index (χ1n) is 6.64. The van der Waals surface area contributed by atoms with Crippen molar-refractivity contribution < 1.29 is 4.79 Å². The summed E-state index contributed by atoms with van der Waals surface area (Å²) in [7, 11) is 2.13. The Bertz CT molecular complexity index is 485. The van der Waals surface area contributed by atoms with Crippen LogP contribution in [0.5, 0.6) is 0 Å². The van der Waals surface area contributed by atoms with E-state index >= 15 is 0 Å². The molecule has 1 aromatic rings. The number of nitrogens with zero attached hydrogens (tertiary/aromatic N) is 3. The van der Waals surface area contributed by atoms with Gasteiger partial charge in [-0.1, -0.05) is 0 Å². The molecule has 6 nitrogen and oxygen atoms in total. The van der Waals surface area contributed by atoms with Crippen LogP contribution in [0.15, 0.2) is 24.3 Å². The highest BCUT2D eigenvalue weighted by atomic mass is 16.2. The average molecular weight is 273 g/mol. The average Bonchev–Trinajstić information content (AvgIpc) is 2.47. The highest BCUT2D eigenvalue weighted by molar-refractivity contribution is 5.89. The summed E-state index contributed by atoms with van der Waals surface area (Å²) in [6.07, 6.45) is 0. The van der Waals surface area contributed by atoms with E-state index in [1.165, 1.54) is 5.69 Å². The fourth-order valence-corrected chi connectivity index (χ4v) is 2.12. The first kappa shape index (κ1) is 14.2. The summed E-state index contributed by atoms with van der Waals surface area (Å²) in [5.41, 5.74) is 1.89. The number of piperazine rings is 1. The van der Waals surface area contributed by atoms with Gasteiger partial charge in [-0.15, -0.1) is 0 Å². The van der Waals surface area contributed by atoms with Crippen LogP contribution in [0.4, 0.5) is 16.2 Å². The molecule has 0 aromatic heterocycles. The van der Waals surface area contributed by atoms with Crippen molar-refractivity contribution >= 4 is 17.4 Å². The Kier molecular flexibility index (Phi) is 4.80. The number of carbonyl (C=O) groups is 1. The van der Waals surface area contributed by atoms with Crippen LogP contribution in [0.2, 0.25) is 0 Å². The maximum absolute atomic E-state index is 11.4. The lowest BCUT2D eigenvalue weighted by Crippen LogP contribution is -2.44. The molecule has 1 saturated heterocycles. The highest BCUT2D eigenvalue weighted by Crippen LogP contribution is 2.19. The van der Waals surface area contributed by atoms with Gasteiger partial charge >= 0.3 is 6.03 Å². The third kappa shape index (κ3) is 3.87. The minimum Gasteiger partial charge on any atom is -0.369 e. The van der Waals surface area contributed by atoms with Crippen LogP contribution in [0, 0.1) is 11.3 Å². The molecule has 6 heteroatoms. The largest absolute Gasteiger partial charge is 0.369 e. The van der Waals surface area contributed by atoms with Gasteiger partial charge in [-0.05, 0) is 31.3 Å². The molecule has 1 aliphatic heterocycles. The molecule has 0 unspecified atom stereocenters. The molecule has 0 spiro atoms. The lowest BCUT2D eigenvalue weighted by Gasteiger charge is -2.34. The number of anilines is 2. The predicted molar refractivity (Wildman–Crippen MR) is 78.8 cm³/mol. The molecule has 0 saturated carbocycles. The summed E-state index contributed by atoms with van der Waals surface area (Å²) < 4.78 is 0. The zero-order valence-electron chi connectivity index (χ0n) is 11.6. The third-order valence-electron chi connectivity index (χ3n) is 3.32. The molecule has 2 rings (SSSR count). The Hall–Kier alpha value is -2.26. The number of carbonyl (C=O) groups excluding carboxylic acids is 1. The van der Waals surface area contributed by atoms with Crippen molar-refractivity contribution in [1.29, 1.82) is 5.26 Å². The molecule has 0 aliphatic carbocycles. The van der Waals surface area contributed by atoms with Gasteiger partial charge in [0.05, 0.1) is 6.07 Å². The summed E-state index contributed by atoms with van der Waals surface area (Å²) in [5, 5.41) is 13.5. The number of nitrogens with one attached hydrogen (secondary N) is 2. The minimum absolute atomic E-state index is 0.00517. The molecule has 2 N–H and O–H groups in total. The smallest absolute Gasteiger partial charge is 0.320 e. The number of hydrogen-bond donors (Lipinski definition) is 2. The third-order valence-corrected chi connectivity index (χ3v) is 3.32. The van der Waals surface area contributed by atoms with Gasteiger partial charge in [0.25, 0.3) is 0 Å². The standard InChI is InChI=1S/C14H19N5O/c1-18-8-10-19(11-9-18)13-4-2-12(3-5-13)17-14(20)16-7-6-15/h2-5H,7-11H2,1H3,(H2,16,17,20). The van der Waals surface area contributed by atoms with Gasteiger partial charge in [0.15, 0.2) is 0 Å². The SMILES string of the molecule is CN1CCN(c2ccc(NC(=O)NCC#N)cc2)CC1. The van der Waals surface area contributed by atoms with Crippen molar-refractivity contribution in [2.45, 2.75) is 0 Å². The summed E-state index contributed by atoms with van der Waals surface area (Å²) in [5.74, 6) is 0. The van der Waals surface area contributed by atoms with E-state index < -0.39 is 0 Å². The summed E-state index contributed by atoms with van der Waals surface area (Å²) >= 11 is 0. The first-order valence-corrected chi connectivity index (χ1v) is 6.64. The zero-order valence-corrected chi connectivity index (χ0v) is 11.6. The lowest BCUT2D eigenvalue weighted by atomic mass is 10.2. The van der Waals surface area contributed by atoms with Crippen molar-refractivity contribution in [1.82, 2.24) is 10.2 Å². The number of benzene rings is 1. The van der Waals surface area contributed by atoms with Crippen LogP contribution in [-0.2, 0) is 0 Å². The Balaban J connectivity index is 1.90. The van der Waals surface area contributed by atoms with Crippen molar-refractivity contribution in [2.24, 2.45) is 0 Å². The topological polar surface area (TPSA) is 71.4 Å². The normalized spacial score (nSPS) is 15.5. The number of hydrogen-bond acceptors (Lipinski definition) is 4. The molecule has 106 valence electrons. The molecule has 1 aromatic carbocycles. The van der Waals surface area contributed by atoms with E-state index in [1.807, 2.05) is 30.3 Å². The van der Waals surface area contributed by atoms with Gasteiger partial charge in [0.1, 0.15) is 6.54 Å². The second kappa shape index (κ2) is 6.78. The fourth-order valence-electron chi connectivity index (χ4n) is 2.12. The van der Waals surface area contributed by atoms with Crippen molar-refractivity contribution in [3.05, 3.63) is 24.3 Å². The molecule has 1 aliphatic rings. The second-order valence-corrected chi connectivity index (χ2v) is 4.80. The molecule has 2 amide bonds. The number of rotatable bonds is 3. The van der Waals surface area contributed by atoms with Crippen LogP contribution in [0.1, 0.15) is 0 Å². The van der Waals surface area contributed by atoms with Crippen LogP contribution in [0.3, 0.4) is 0 Å². The van der Waals surface area contributed by atoms with E-state index in [4.69, 9.17) is 5.26 Å². The number of amides is 2. The molecule has 0 atom stereocenters. The van der Waals surface area contributed by atoms with Crippen LogP contribution >= 0.6 is 0 Å². The molecular formula is C14H19N5O. The number of likely N-dealkylation sites (N-methyl/N-ethyl adjacent to an activating group) is 1. The van der Waals surface area contributed by atoms with Gasteiger partial charge in [-0.25, -0.2) is 4.79 Å². The van der Waals surface area contributed by atoms with Crippen molar-refractivity contribution in [3.63, 3.8) is 0 Å². The van der Waals surface area contributed by atoms with E-state index in [9.17, 15) is 4.79 Å². The van der Waals surface area contributed by atoms with E-state index in [0.717, 1.165) is 31.9 Å². The number of nitriles is 1. The molecule has 0 bridgehead atoms. The van der Waals surface area contributed by atoms with Gasteiger partial charge < -0.3 is 20.4 Å². The summed E-state index contributed by atoms with van der Waals surface area (Å²) in [6, 6.07) is 9.25. The van der Waals surface area contributed by atoms with Crippen LogP contribution < -0.4 is 15.5 Å². The molecule has 1 fully saturated rings. The lowest BCUT2D eigenvalue weighted by molar-refractivity contribution is 0.253. The van der Waals surface area contributed by atoms with Crippen LogP contribution in [-0.4, -0.2) is 50.7 Å². The fraction of sp³-hybridized carbons (Fsp3) is 0.429. The molecule has 20 heavy (non-hydrogen) atoms. The van der Waals surface area contributed by atoms with E-state index in [2.05, 4.69) is 27.5 Å². The summed E-state index contributed by atoms with van der Waals surface area (Å²) in [6.45, 7) is 4.18. The maximum atomic E-state index is 11.4. The minimum atomic E-state index is -0.362. The Morgan fingerprint density at radius 1 is 1.25 bits per heavy atom. The molecule has 0 radical (unpaired) electrons. The van der Waals surface area contributed by atoms with Crippen molar-refractivity contribution in [3.8, 4) is 6.07 Å².